The molecule has 1 aromatic carbocycles. The number of thiazole rings is 1. The van der Waals surface area contributed by atoms with E-state index in [1.54, 1.807) is 25.3 Å². The summed E-state index contributed by atoms with van der Waals surface area (Å²) in [7, 11) is 0. The maximum Gasteiger partial charge on any atom is 0.269 e. The molecule has 0 saturated carbocycles. The molecule has 2 aromatic heterocycles. The Balaban J connectivity index is 1.61. The molecule has 118 valence electrons. The van der Waals surface area contributed by atoms with Gasteiger partial charge in [-0.15, -0.1) is 11.3 Å². The average Bonchev–Trinajstić information content (AvgIpc) is 3.30. The van der Waals surface area contributed by atoms with Gasteiger partial charge >= 0.3 is 0 Å². The molecule has 1 aliphatic rings. The second-order valence-corrected chi connectivity index (χ2v) is 6.51. The highest BCUT2D eigenvalue weighted by atomic mass is 32.1. The standard InChI is InChI=1S/C16H14FN3O2S/c1-9-7-10(4-5-11(9)17)14-19-15(22-20-14)13-8-18-16(23-13)12-3-2-6-21-12/h4-5,7-8,12H,2-3,6H2,1H3. The third-order valence-corrected chi connectivity index (χ3v) is 4.86. The Morgan fingerprint density at radius 2 is 2.26 bits per heavy atom. The number of aromatic nitrogens is 3. The van der Waals surface area contributed by atoms with Crippen LogP contribution in [0.4, 0.5) is 4.39 Å². The number of benzene rings is 1. The Labute approximate surface area is 136 Å². The number of hydrogen-bond donors (Lipinski definition) is 0. The fraction of sp³-hybridized carbons (Fsp3) is 0.312. The summed E-state index contributed by atoms with van der Waals surface area (Å²) in [5.41, 5.74) is 1.27. The monoisotopic (exact) mass is 331 g/mol. The van der Waals surface area contributed by atoms with Crippen LogP contribution in [0.1, 0.15) is 29.5 Å². The van der Waals surface area contributed by atoms with E-state index in [2.05, 4.69) is 15.1 Å². The Kier molecular flexibility index (Phi) is 3.66. The summed E-state index contributed by atoms with van der Waals surface area (Å²) in [5, 5.41) is 4.92. The van der Waals surface area contributed by atoms with Gasteiger partial charge in [0.25, 0.3) is 5.89 Å². The lowest BCUT2D eigenvalue weighted by atomic mass is 10.1. The fourth-order valence-corrected chi connectivity index (χ4v) is 3.46. The van der Waals surface area contributed by atoms with Crippen LogP contribution < -0.4 is 0 Å². The van der Waals surface area contributed by atoms with E-state index in [0.29, 0.717) is 17.3 Å². The topological polar surface area (TPSA) is 61.0 Å². The molecule has 0 radical (unpaired) electrons. The molecular formula is C16H14FN3O2S. The van der Waals surface area contributed by atoms with E-state index >= 15 is 0 Å². The van der Waals surface area contributed by atoms with E-state index in [9.17, 15) is 4.39 Å². The van der Waals surface area contributed by atoms with E-state index in [1.165, 1.54) is 17.4 Å². The molecule has 0 amide bonds. The van der Waals surface area contributed by atoms with Crippen LogP contribution >= 0.6 is 11.3 Å². The summed E-state index contributed by atoms with van der Waals surface area (Å²) in [6.45, 7) is 2.49. The highest BCUT2D eigenvalue weighted by molar-refractivity contribution is 7.15. The minimum Gasteiger partial charge on any atom is -0.371 e. The van der Waals surface area contributed by atoms with Crippen LogP contribution in [0.2, 0.25) is 0 Å². The number of halogens is 1. The van der Waals surface area contributed by atoms with Gasteiger partial charge in [-0.05, 0) is 43.5 Å². The molecule has 0 spiro atoms. The molecule has 7 heteroatoms. The van der Waals surface area contributed by atoms with Crippen molar-refractivity contribution in [3.05, 3.63) is 40.8 Å². The van der Waals surface area contributed by atoms with Crippen LogP contribution in [-0.2, 0) is 4.74 Å². The molecular weight excluding hydrogens is 317 g/mol. The van der Waals surface area contributed by atoms with Gasteiger partial charge in [-0.1, -0.05) is 5.16 Å². The molecule has 3 aromatic rings. The molecule has 3 heterocycles. The second kappa shape index (κ2) is 5.82. The van der Waals surface area contributed by atoms with Crippen molar-refractivity contribution in [1.82, 2.24) is 15.1 Å². The molecule has 0 bridgehead atoms. The predicted octanol–water partition coefficient (Wildman–Crippen LogP) is 4.16. The lowest BCUT2D eigenvalue weighted by Crippen LogP contribution is -1.93. The number of nitrogens with zero attached hydrogens (tertiary/aromatic N) is 3. The number of rotatable bonds is 3. The van der Waals surface area contributed by atoms with E-state index < -0.39 is 0 Å². The van der Waals surface area contributed by atoms with Crippen LogP contribution in [0.5, 0.6) is 0 Å². The van der Waals surface area contributed by atoms with Gasteiger partial charge in [-0.2, -0.15) is 4.98 Å². The average molecular weight is 331 g/mol. The molecule has 1 saturated heterocycles. The predicted molar refractivity (Wildman–Crippen MR) is 83.5 cm³/mol. The lowest BCUT2D eigenvalue weighted by Gasteiger charge is -2.02. The van der Waals surface area contributed by atoms with Crippen molar-refractivity contribution < 1.29 is 13.7 Å². The summed E-state index contributed by atoms with van der Waals surface area (Å²) < 4.78 is 24.3. The molecule has 1 fully saturated rings. The van der Waals surface area contributed by atoms with Crippen molar-refractivity contribution in [3.63, 3.8) is 0 Å². The van der Waals surface area contributed by atoms with Crippen LogP contribution in [0.3, 0.4) is 0 Å². The first-order valence-electron chi connectivity index (χ1n) is 7.38. The van der Waals surface area contributed by atoms with Gasteiger partial charge in [-0.25, -0.2) is 9.37 Å². The summed E-state index contributed by atoms with van der Waals surface area (Å²) >= 11 is 1.51. The minimum atomic E-state index is -0.249. The molecule has 0 aliphatic carbocycles. The summed E-state index contributed by atoms with van der Waals surface area (Å²) in [6.07, 6.45) is 3.87. The van der Waals surface area contributed by atoms with E-state index in [1.807, 2.05) is 0 Å². The first kappa shape index (κ1) is 14.5. The Bertz CT molecular complexity index is 839. The SMILES string of the molecule is Cc1cc(-c2noc(-c3cnc(C4CCCO4)s3)n2)ccc1F. The molecule has 1 unspecified atom stereocenters. The zero-order valence-corrected chi connectivity index (χ0v) is 13.3. The van der Waals surface area contributed by atoms with Crippen molar-refractivity contribution in [1.29, 1.82) is 0 Å². The van der Waals surface area contributed by atoms with Crippen molar-refractivity contribution in [2.45, 2.75) is 25.9 Å². The lowest BCUT2D eigenvalue weighted by molar-refractivity contribution is 0.111. The van der Waals surface area contributed by atoms with Crippen LogP contribution in [0.25, 0.3) is 22.2 Å². The first-order chi connectivity index (χ1) is 11.2. The third-order valence-electron chi connectivity index (χ3n) is 3.78. The van der Waals surface area contributed by atoms with Gasteiger partial charge in [0.1, 0.15) is 21.8 Å². The first-order valence-corrected chi connectivity index (χ1v) is 8.20. The Hall–Kier alpha value is -2.12. The van der Waals surface area contributed by atoms with Crippen molar-refractivity contribution in [3.8, 4) is 22.2 Å². The number of ether oxygens (including phenoxy) is 1. The number of aryl methyl sites for hydroxylation is 1. The molecule has 0 N–H and O–H groups in total. The summed E-state index contributed by atoms with van der Waals surface area (Å²) in [6, 6.07) is 4.75. The van der Waals surface area contributed by atoms with Gasteiger partial charge in [0, 0.05) is 12.2 Å². The zero-order chi connectivity index (χ0) is 15.8. The maximum absolute atomic E-state index is 13.4. The highest BCUT2D eigenvalue weighted by Gasteiger charge is 2.22. The molecule has 1 atom stereocenters. The van der Waals surface area contributed by atoms with Crippen molar-refractivity contribution in [2.75, 3.05) is 6.61 Å². The second-order valence-electron chi connectivity index (χ2n) is 5.45. The quantitative estimate of drug-likeness (QED) is 0.721. The zero-order valence-electron chi connectivity index (χ0n) is 12.5. The van der Waals surface area contributed by atoms with E-state index in [-0.39, 0.29) is 11.9 Å². The number of hydrogen-bond acceptors (Lipinski definition) is 6. The van der Waals surface area contributed by atoms with Gasteiger partial charge in [0.15, 0.2) is 0 Å². The van der Waals surface area contributed by atoms with Crippen LogP contribution in [-0.4, -0.2) is 21.7 Å². The van der Waals surface area contributed by atoms with E-state index in [4.69, 9.17) is 9.26 Å². The fourth-order valence-electron chi connectivity index (χ4n) is 2.53. The molecule has 5 nitrogen and oxygen atoms in total. The minimum absolute atomic E-state index is 0.0795. The summed E-state index contributed by atoms with van der Waals surface area (Å²) in [5.74, 6) is 0.611. The summed E-state index contributed by atoms with van der Waals surface area (Å²) in [4.78, 5) is 9.60. The van der Waals surface area contributed by atoms with Crippen LogP contribution in [0.15, 0.2) is 28.9 Å². The van der Waals surface area contributed by atoms with Crippen LogP contribution in [0, 0.1) is 12.7 Å². The Morgan fingerprint density at radius 3 is 3.04 bits per heavy atom. The highest BCUT2D eigenvalue weighted by Crippen LogP contribution is 2.35. The third kappa shape index (κ3) is 2.77. The Morgan fingerprint density at radius 1 is 1.35 bits per heavy atom. The van der Waals surface area contributed by atoms with E-state index in [0.717, 1.165) is 34.9 Å². The van der Waals surface area contributed by atoms with Gasteiger partial charge in [-0.3, -0.25) is 0 Å². The molecule has 1 aliphatic heterocycles. The molecule has 4 rings (SSSR count). The maximum atomic E-state index is 13.4. The van der Waals surface area contributed by atoms with Crippen molar-refractivity contribution in [2.24, 2.45) is 0 Å². The normalized spacial score (nSPS) is 17.7. The largest absolute Gasteiger partial charge is 0.371 e. The van der Waals surface area contributed by atoms with Gasteiger partial charge in [0.05, 0.1) is 6.20 Å². The van der Waals surface area contributed by atoms with Crippen molar-refractivity contribution >= 4 is 11.3 Å². The van der Waals surface area contributed by atoms with Gasteiger partial charge in [0.2, 0.25) is 5.82 Å². The smallest absolute Gasteiger partial charge is 0.269 e. The van der Waals surface area contributed by atoms with Gasteiger partial charge < -0.3 is 9.26 Å². The molecule has 23 heavy (non-hydrogen) atoms.